The van der Waals surface area contributed by atoms with E-state index in [2.05, 4.69) is 13.8 Å². The van der Waals surface area contributed by atoms with Crippen LogP contribution in [0.15, 0.2) is 24.3 Å². The standard InChI is InChI=1S/C17H18N2O2/c1-17(2)8-7-13-12(9-17)15-16(20)21-10-11-5-3-4-6-14(11)19(15)18-13/h3-6H,7-10H2,1-2H3. The van der Waals surface area contributed by atoms with Crippen LogP contribution in [0.25, 0.3) is 5.69 Å². The number of carbonyl (C=O) groups is 1. The van der Waals surface area contributed by atoms with Gasteiger partial charge in [0.1, 0.15) is 6.61 Å². The zero-order valence-corrected chi connectivity index (χ0v) is 12.3. The molecule has 1 aromatic heterocycles. The number of cyclic esters (lactones) is 1. The first-order chi connectivity index (χ1) is 10.1. The van der Waals surface area contributed by atoms with Crippen molar-refractivity contribution in [3.63, 3.8) is 0 Å². The Bertz CT molecular complexity index is 743. The molecule has 0 saturated heterocycles. The molecule has 21 heavy (non-hydrogen) atoms. The summed E-state index contributed by atoms with van der Waals surface area (Å²) in [6, 6.07) is 7.93. The zero-order chi connectivity index (χ0) is 14.6. The van der Waals surface area contributed by atoms with Crippen LogP contribution in [0.2, 0.25) is 0 Å². The number of esters is 1. The molecular formula is C17H18N2O2. The minimum Gasteiger partial charge on any atom is -0.456 e. The van der Waals surface area contributed by atoms with Crippen molar-refractivity contribution in [2.75, 3.05) is 0 Å². The number of nitrogens with zero attached hydrogens (tertiary/aromatic N) is 2. The first-order valence-corrected chi connectivity index (χ1v) is 7.41. The van der Waals surface area contributed by atoms with Crippen molar-refractivity contribution in [1.82, 2.24) is 9.78 Å². The maximum atomic E-state index is 12.4. The summed E-state index contributed by atoms with van der Waals surface area (Å²) in [5.74, 6) is -0.252. The highest BCUT2D eigenvalue weighted by atomic mass is 16.5. The number of hydrogen-bond acceptors (Lipinski definition) is 3. The van der Waals surface area contributed by atoms with Crippen molar-refractivity contribution in [3.05, 3.63) is 46.8 Å². The summed E-state index contributed by atoms with van der Waals surface area (Å²) in [6.07, 6.45) is 2.92. The minimum absolute atomic E-state index is 0.212. The Morgan fingerprint density at radius 1 is 1.29 bits per heavy atom. The largest absolute Gasteiger partial charge is 0.456 e. The molecule has 0 saturated carbocycles. The second-order valence-electron chi connectivity index (χ2n) is 6.73. The summed E-state index contributed by atoms with van der Waals surface area (Å²) >= 11 is 0. The van der Waals surface area contributed by atoms with E-state index in [9.17, 15) is 4.79 Å². The van der Waals surface area contributed by atoms with Gasteiger partial charge in [-0.15, -0.1) is 0 Å². The second kappa shape index (κ2) is 4.20. The molecule has 0 N–H and O–H groups in total. The number of fused-ring (bicyclic) bond motifs is 5. The van der Waals surface area contributed by atoms with Gasteiger partial charge in [-0.05, 0) is 30.7 Å². The van der Waals surface area contributed by atoms with E-state index in [1.54, 1.807) is 4.68 Å². The van der Waals surface area contributed by atoms with Crippen LogP contribution in [0, 0.1) is 5.41 Å². The fourth-order valence-corrected chi connectivity index (χ4v) is 3.34. The number of aryl methyl sites for hydroxylation is 1. The molecular weight excluding hydrogens is 264 g/mol. The third-order valence-corrected chi connectivity index (χ3v) is 4.53. The molecule has 0 spiro atoms. The van der Waals surface area contributed by atoms with Crippen molar-refractivity contribution >= 4 is 5.97 Å². The molecule has 0 amide bonds. The summed E-state index contributed by atoms with van der Waals surface area (Å²) in [5.41, 5.74) is 4.94. The van der Waals surface area contributed by atoms with Gasteiger partial charge in [-0.25, -0.2) is 9.48 Å². The summed E-state index contributed by atoms with van der Waals surface area (Å²) in [4.78, 5) is 12.4. The highest BCUT2D eigenvalue weighted by Gasteiger charge is 2.35. The van der Waals surface area contributed by atoms with E-state index in [1.807, 2.05) is 24.3 Å². The van der Waals surface area contributed by atoms with Crippen molar-refractivity contribution in [1.29, 1.82) is 0 Å². The van der Waals surface area contributed by atoms with Gasteiger partial charge < -0.3 is 4.74 Å². The van der Waals surface area contributed by atoms with Gasteiger partial charge in [-0.3, -0.25) is 0 Å². The average molecular weight is 282 g/mol. The highest BCUT2D eigenvalue weighted by Crippen LogP contribution is 2.38. The lowest BCUT2D eigenvalue weighted by atomic mass is 9.76. The molecule has 2 aromatic rings. The van der Waals surface area contributed by atoms with E-state index in [-0.39, 0.29) is 11.4 Å². The van der Waals surface area contributed by atoms with E-state index in [0.717, 1.165) is 41.8 Å². The van der Waals surface area contributed by atoms with Crippen molar-refractivity contribution in [2.24, 2.45) is 5.41 Å². The lowest BCUT2D eigenvalue weighted by Crippen LogP contribution is -2.23. The molecule has 0 radical (unpaired) electrons. The van der Waals surface area contributed by atoms with Crippen LogP contribution in [0.1, 0.15) is 47.6 Å². The number of rotatable bonds is 0. The smallest absolute Gasteiger partial charge is 0.357 e. The summed E-state index contributed by atoms with van der Waals surface area (Å²) in [7, 11) is 0. The molecule has 0 unspecified atom stereocenters. The molecule has 4 rings (SSSR count). The lowest BCUT2D eigenvalue weighted by molar-refractivity contribution is 0.0470. The minimum atomic E-state index is -0.252. The van der Waals surface area contributed by atoms with Gasteiger partial charge in [0.15, 0.2) is 5.69 Å². The zero-order valence-electron chi connectivity index (χ0n) is 12.3. The quantitative estimate of drug-likeness (QED) is 0.698. The highest BCUT2D eigenvalue weighted by molar-refractivity contribution is 5.91. The molecule has 108 valence electrons. The van der Waals surface area contributed by atoms with E-state index in [4.69, 9.17) is 9.84 Å². The van der Waals surface area contributed by atoms with E-state index in [1.165, 1.54) is 0 Å². The normalized spacial score (nSPS) is 19.0. The van der Waals surface area contributed by atoms with Crippen molar-refractivity contribution in [3.8, 4) is 5.69 Å². The molecule has 1 aliphatic carbocycles. The van der Waals surface area contributed by atoms with Crippen LogP contribution >= 0.6 is 0 Å². The molecule has 0 atom stereocenters. The van der Waals surface area contributed by atoms with E-state index < -0.39 is 0 Å². The van der Waals surface area contributed by atoms with Crippen LogP contribution in [0.4, 0.5) is 0 Å². The topological polar surface area (TPSA) is 44.1 Å². The lowest BCUT2D eigenvalue weighted by Gasteiger charge is -2.28. The molecule has 2 heterocycles. The molecule has 1 aliphatic heterocycles. The monoisotopic (exact) mass is 282 g/mol. The maximum Gasteiger partial charge on any atom is 0.357 e. The van der Waals surface area contributed by atoms with Gasteiger partial charge in [0, 0.05) is 11.1 Å². The van der Waals surface area contributed by atoms with Gasteiger partial charge in [-0.2, -0.15) is 5.10 Å². The molecule has 4 nitrogen and oxygen atoms in total. The second-order valence-corrected chi connectivity index (χ2v) is 6.73. The van der Waals surface area contributed by atoms with Crippen LogP contribution in [0.3, 0.4) is 0 Å². The third-order valence-electron chi connectivity index (χ3n) is 4.53. The van der Waals surface area contributed by atoms with Gasteiger partial charge in [0.2, 0.25) is 0 Å². The third kappa shape index (κ3) is 1.89. The Hall–Kier alpha value is -2.10. The van der Waals surface area contributed by atoms with Crippen LogP contribution in [-0.2, 0) is 24.2 Å². The van der Waals surface area contributed by atoms with E-state index in [0.29, 0.717) is 12.3 Å². The number of benzene rings is 1. The Morgan fingerprint density at radius 3 is 2.95 bits per heavy atom. The number of carbonyl (C=O) groups excluding carboxylic acids is 1. The van der Waals surface area contributed by atoms with Gasteiger partial charge in [-0.1, -0.05) is 32.0 Å². The fourth-order valence-electron chi connectivity index (χ4n) is 3.34. The number of aromatic nitrogens is 2. The van der Waals surface area contributed by atoms with Crippen molar-refractivity contribution in [2.45, 2.75) is 39.7 Å². The summed E-state index contributed by atoms with van der Waals surface area (Å²) in [6.45, 7) is 4.81. The Labute approximate surface area is 123 Å². The van der Waals surface area contributed by atoms with Crippen LogP contribution < -0.4 is 0 Å². The van der Waals surface area contributed by atoms with Crippen LogP contribution in [-0.4, -0.2) is 15.7 Å². The molecule has 2 aliphatic rings. The SMILES string of the molecule is CC1(C)CCc2nn3c(c2C1)C(=O)OCc1ccccc1-3. The van der Waals surface area contributed by atoms with Crippen molar-refractivity contribution < 1.29 is 9.53 Å². The van der Waals surface area contributed by atoms with Gasteiger partial charge in [0.05, 0.1) is 11.4 Å². The number of hydrogen-bond donors (Lipinski definition) is 0. The predicted molar refractivity (Wildman–Crippen MR) is 78.5 cm³/mol. The first kappa shape index (κ1) is 12.6. The fraction of sp³-hybridized carbons (Fsp3) is 0.412. The van der Waals surface area contributed by atoms with Gasteiger partial charge in [0.25, 0.3) is 0 Å². The van der Waals surface area contributed by atoms with E-state index >= 15 is 0 Å². The average Bonchev–Trinajstić information content (AvgIpc) is 2.75. The van der Waals surface area contributed by atoms with Crippen LogP contribution in [0.5, 0.6) is 0 Å². The number of para-hydroxylation sites is 1. The Kier molecular flexibility index (Phi) is 2.52. The van der Waals surface area contributed by atoms with Gasteiger partial charge >= 0.3 is 5.97 Å². The Balaban J connectivity index is 1.96. The molecule has 0 bridgehead atoms. The number of ether oxygens (including phenoxy) is 1. The summed E-state index contributed by atoms with van der Waals surface area (Å²) < 4.78 is 7.25. The summed E-state index contributed by atoms with van der Waals surface area (Å²) in [5, 5.41) is 4.72. The molecule has 1 aromatic carbocycles. The molecule has 0 fully saturated rings. The maximum absolute atomic E-state index is 12.4. The molecule has 4 heteroatoms. The first-order valence-electron chi connectivity index (χ1n) is 7.41. The predicted octanol–water partition coefficient (Wildman–Crippen LogP) is 3.06. The Morgan fingerprint density at radius 2 is 2.10 bits per heavy atom.